The number of amides is 4. The first-order chi connectivity index (χ1) is 14.0. The Hall–Kier alpha value is -3.80. The van der Waals surface area contributed by atoms with Crippen molar-refractivity contribution in [2.45, 2.75) is 19.3 Å². The van der Waals surface area contributed by atoms with Crippen molar-refractivity contribution < 1.29 is 19.2 Å². The summed E-state index contributed by atoms with van der Waals surface area (Å²) in [6.07, 6.45) is 5.93. The lowest BCUT2D eigenvalue weighted by Crippen LogP contribution is -2.19. The standard InChI is InChI=1S/C15H16.2C4H3NO2/c1-2-15(13-9-5-3-6-10-13)14-11-7-4-8-12-14;2*6-3-1-2-4(7)5-3/h3-12,15H,2H2,1H3;2*1-2H,(H,5,6,7). The summed E-state index contributed by atoms with van der Waals surface area (Å²) in [5, 5.41) is 4.06. The molecule has 0 radical (unpaired) electrons. The third-order valence-corrected chi connectivity index (χ3v) is 4.08. The van der Waals surface area contributed by atoms with Crippen LogP contribution in [0.4, 0.5) is 0 Å². The third-order valence-electron chi connectivity index (χ3n) is 4.08. The van der Waals surface area contributed by atoms with Gasteiger partial charge >= 0.3 is 0 Å². The van der Waals surface area contributed by atoms with Gasteiger partial charge in [0.15, 0.2) is 0 Å². The maximum atomic E-state index is 10.0. The Balaban J connectivity index is 0.000000178. The van der Waals surface area contributed by atoms with E-state index >= 15 is 0 Å². The molecule has 2 heterocycles. The maximum Gasteiger partial charge on any atom is 0.250 e. The fourth-order valence-corrected chi connectivity index (χ4v) is 2.75. The van der Waals surface area contributed by atoms with E-state index in [9.17, 15) is 19.2 Å². The fourth-order valence-electron chi connectivity index (χ4n) is 2.75. The summed E-state index contributed by atoms with van der Waals surface area (Å²) < 4.78 is 0. The van der Waals surface area contributed by atoms with Gasteiger partial charge in [0.05, 0.1) is 0 Å². The van der Waals surface area contributed by atoms with Gasteiger partial charge < -0.3 is 0 Å². The molecule has 0 bridgehead atoms. The number of rotatable bonds is 3. The van der Waals surface area contributed by atoms with E-state index in [1.807, 2.05) is 10.6 Å². The molecule has 0 fully saturated rings. The Morgan fingerprint density at radius 2 is 0.897 bits per heavy atom. The monoisotopic (exact) mass is 390 g/mol. The van der Waals surface area contributed by atoms with Crippen LogP contribution < -0.4 is 10.6 Å². The Morgan fingerprint density at radius 3 is 1.10 bits per heavy atom. The van der Waals surface area contributed by atoms with E-state index in [0.717, 1.165) is 6.42 Å². The summed E-state index contributed by atoms with van der Waals surface area (Å²) >= 11 is 0. The highest BCUT2D eigenvalue weighted by atomic mass is 16.2. The summed E-state index contributed by atoms with van der Waals surface area (Å²) in [5.41, 5.74) is 2.82. The first-order valence-electron chi connectivity index (χ1n) is 9.15. The highest BCUT2D eigenvalue weighted by Crippen LogP contribution is 2.26. The minimum atomic E-state index is -0.329. The molecule has 2 aliphatic rings. The zero-order chi connectivity index (χ0) is 21.1. The molecule has 148 valence electrons. The quantitative estimate of drug-likeness (QED) is 0.788. The molecule has 2 aliphatic heterocycles. The van der Waals surface area contributed by atoms with Crippen LogP contribution in [0.2, 0.25) is 0 Å². The van der Waals surface area contributed by atoms with Crippen molar-refractivity contribution in [3.63, 3.8) is 0 Å². The van der Waals surface area contributed by atoms with Gasteiger partial charge in [0, 0.05) is 30.2 Å². The zero-order valence-electron chi connectivity index (χ0n) is 16.0. The molecule has 0 unspecified atom stereocenters. The summed E-state index contributed by atoms with van der Waals surface area (Å²) in [4.78, 5) is 40.1. The molecular weight excluding hydrogens is 368 g/mol. The van der Waals surface area contributed by atoms with Crippen molar-refractivity contribution >= 4 is 23.6 Å². The predicted octanol–water partition coefficient (Wildman–Crippen LogP) is 2.63. The minimum Gasteiger partial charge on any atom is -0.289 e. The van der Waals surface area contributed by atoms with Gasteiger partial charge in [-0.2, -0.15) is 0 Å². The Bertz CT molecular complexity index is 811. The number of carbonyl (C=O) groups is 4. The summed E-state index contributed by atoms with van der Waals surface area (Å²) in [6, 6.07) is 21.4. The van der Waals surface area contributed by atoms with Crippen LogP contribution >= 0.6 is 0 Å². The SMILES string of the molecule is CCC(c1ccccc1)c1ccccc1.O=C1C=CC(=O)N1.O=C1C=CC(=O)N1. The largest absolute Gasteiger partial charge is 0.289 e. The first-order valence-corrected chi connectivity index (χ1v) is 9.15. The Morgan fingerprint density at radius 1 is 0.586 bits per heavy atom. The summed E-state index contributed by atoms with van der Waals surface area (Å²) in [7, 11) is 0. The van der Waals surface area contributed by atoms with E-state index in [2.05, 4.69) is 67.6 Å². The number of imide groups is 2. The Kier molecular flexibility index (Phi) is 8.26. The molecule has 29 heavy (non-hydrogen) atoms. The van der Waals surface area contributed by atoms with Crippen LogP contribution in [0.25, 0.3) is 0 Å². The molecule has 0 aliphatic carbocycles. The van der Waals surface area contributed by atoms with E-state index in [0.29, 0.717) is 5.92 Å². The predicted molar refractivity (Wildman–Crippen MR) is 110 cm³/mol. The lowest BCUT2D eigenvalue weighted by atomic mass is 9.89. The molecule has 0 saturated heterocycles. The van der Waals surface area contributed by atoms with Crippen LogP contribution in [0.3, 0.4) is 0 Å². The summed E-state index contributed by atoms with van der Waals surface area (Å²) in [6.45, 7) is 2.24. The first kappa shape index (κ1) is 21.5. The summed E-state index contributed by atoms with van der Waals surface area (Å²) in [5.74, 6) is -0.780. The number of carbonyl (C=O) groups excluding carboxylic acids is 4. The van der Waals surface area contributed by atoms with Crippen molar-refractivity contribution in [3.8, 4) is 0 Å². The van der Waals surface area contributed by atoms with Gasteiger partial charge in [0.2, 0.25) is 0 Å². The molecule has 0 atom stereocenters. The van der Waals surface area contributed by atoms with Crippen LogP contribution in [0, 0.1) is 0 Å². The smallest absolute Gasteiger partial charge is 0.250 e. The van der Waals surface area contributed by atoms with Crippen molar-refractivity contribution in [1.82, 2.24) is 10.6 Å². The van der Waals surface area contributed by atoms with E-state index < -0.39 is 0 Å². The average molecular weight is 390 g/mol. The van der Waals surface area contributed by atoms with E-state index in [-0.39, 0.29) is 23.6 Å². The second-order valence-corrected chi connectivity index (χ2v) is 6.16. The second-order valence-electron chi connectivity index (χ2n) is 6.16. The van der Waals surface area contributed by atoms with Crippen molar-refractivity contribution in [2.75, 3.05) is 0 Å². The van der Waals surface area contributed by atoms with Gasteiger partial charge in [-0.3, -0.25) is 29.8 Å². The van der Waals surface area contributed by atoms with Gasteiger partial charge in [-0.15, -0.1) is 0 Å². The van der Waals surface area contributed by atoms with Crippen molar-refractivity contribution in [3.05, 3.63) is 96.1 Å². The zero-order valence-corrected chi connectivity index (χ0v) is 16.0. The molecule has 4 amide bonds. The molecule has 4 rings (SSSR count). The van der Waals surface area contributed by atoms with E-state index in [4.69, 9.17) is 0 Å². The second kappa shape index (κ2) is 11.1. The van der Waals surface area contributed by atoms with Gasteiger partial charge in [0.1, 0.15) is 0 Å². The molecule has 2 aromatic carbocycles. The lowest BCUT2D eigenvalue weighted by Gasteiger charge is -2.15. The highest BCUT2D eigenvalue weighted by molar-refractivity contribution is 6.13. The van der Waals surface area contributed by atoms with Crippen LogP contribution in [0.1, 0.15) is 30.4 Å². The van der Waals surface area contributed by atoms with Gasteiger partial charge in [-0.1, -0.05) is 67.6 Å². The molecule has 2 N–H and O–H groups in total. The van der Waals surface area contributed by atoms with Gasteiger partial charge in [-0.25, -0.2) is 0 Å². The van der Waals surface area contributed by atoms with Crippen LogP contribution in [0.15, 0.2) is 85.0 Å². The van der Waals surface area contributed by atoms with E-state index in [1.54, 1.807) is 0 Å². The molecule has 0 spiro atoms. The van der Waals surface area contributed by atoms with Gasteiger partial charge in [0.25, 0.3) is 23.6 Å². The number of hydrogen-bond acceptors (Lipinski definition) is 4. The fraction of sp³-hybridized carbons (Fsp3) is 0.130. The molecule has 0 saturated carbocycles. The van der Waals surface area contributed by atoms with Crippen molar-refractivity contribution in [2.24, 2.45) is 0 Å². The third kappa shape index (κ3) is 7.38. The number of benzene rings is 2. The van der Waals surface area contributed by atoms with Crippen LogP contribution in [0.5, 0.6) is 0 Å². The molecule has 6 heteroatoms. The number of nitrogens with one attached hydrogen (secondary N) is 2. The molecule has 0 aromatic heterocycles. The Labute approximate surface area is 169 Å². The van der Waals surface area contributed by atoms with Crippen molar-refractivity contribution in [1.29, 1.82) is 0 Å². The molecule has 6 nitrogen and oxygen atoms in total. The average Bonchev–Trinajstić information content (AvgIpc) is 3.31. The van der Waals surface area contributed by atoms with Crippen LogP contribution in [-0.4, -0.2) is 23.6 Å². The van der Waals surface area contributed by atoms with Gasteiger partial charge in [-0.05, 0) is 17.5 Å². The normalized spacial score (nSPS) is 14.0. The minimum absolute atomic E-state index is 0.329. The highest BCUT2D eigenvalue weighted by Gasteiger charge is 2.10. The van der Waals surface area contributed by atoms with Crippen LogP contribution in [-0.2, 0) is 19.2 Å². The maximum absolute atomic E-state index is 10.0. The molecular formula is C23H22N2O4. The number of hydrogen-bond donors (Lipinski definition) is 2. The van der Waals surface area contributed by atoms with E-state index in [1.165, 1.54) is 35.4 Å². The topological polar surface area (TPSA) is 92.3 Å². The lowest BCUT2D eigenvalue weighted by molar-refractivity contribution is -0.125. The molecule has 2 aromatic rings.